The predicted octanol–water partition coefficient (Wildman–Crippen LogP) is 1.86. The van der Waals surface area contributed by atoms with E-state index in [0.29, 0.717) is 36.2 Å². The predicted molar refractivity (Wildman–Crippen MR) is 103 cm³/mol. The number of unbranched alkanes of at least 4 members (excludes halogenated alkanes) is 1. The Kier molecular flexibility index (Phi) is 7.20. The summed E-state index contributed by atoms with van der Waals surface area (Å²) >= 11 is 0. The lowest BCUT2D eigenvalue weighted by Gasteiger charge is -2.23. The van der Waals surface area contributed by atoms with Gasteiger partial charge in [-0.2, -0.15) is 0 Å². The summed E-state index contributed by atoms with van der Waals surface area (Å²) in [5.41, 5.74) is 1.46. The number of carboxylic acid groups (broad SMARTS) is 1. The lowest BCUT2D eigenvalue weighted by atomic mass is 10.0. The molecule has 0 saturated carbocycles. The minimum absolute atomic E-state index is 0.303. The standard InChI is InChI=1S/C21H27NO6/c1-5-7-8-16(21(25)26)22-20(24)13(4)27-17-10-9-15-14(6-2)11-18(23)28-19(15)12(17)3/h9-11,13,16H,5-8H2,1-4H3,(H,22,24)(H,25,26)/p-1/t13-,16+/m0/s1. The van der Waals surface area contributed by atoms with E-state index >= 15 is 0 Å². The Morgan fingerprint density at radius 1 is 1.29 bits per heavy atom. The number of fused-ring (bicyclic) bond motifs is 1. The van der Waals surface area contributed by atoms with Crippen molar-refractivity contribution in [3.8, 4) is 5.75 Å². The van der Waals surface area contributed by atoms with Gasteiger partial charge in [-0.3, -0.25) is 4.79 Å². The molecule has 28 heavy (non-hydrogen) atoms. The Hall–Kier alpha value is -2.83. The molecule has 0 aliphatic heterocycles. The molecule has 1 heterocycles. The largest absolute Gasteiger partial charge is 0.548 e. The first-order chi connectivity index (χ1) is 13.3. The number of hydrogen-bond acceptors (Lipinski definition) is 6. The summed E-state index contributed by atoms with van der Waals surface area (Å²) in [7, 11) is 0. The first-order valence-electron chi connectivity index (χ1n) is 9.52. The van der Waals surface area contributed by atoms with Crippen molar-refractivity contribution in [2.45, 2.75) is 65.5 Å². The molecule has 1 amide bonds. The third-order valence-corrected chi connectivity index (χ3v) is 4.70. The SMILES string of the molecule is CCCC[C@@H](NC(=O)[C@H](C)Oc1ccc2c(CC)cc(=O)oc2c1C)C(=O)[O-]. The fraction of sp³-hybridized carbons (Fsp3) is 0.476. The smallest absolute Gasteiger partial charge is 0.336 e. The minimum Gasteiger partial charge on any atom is -0.548 e. The van der Waals surface area contributed by atoms with Crippen LogP contribution in [0.1, 0.15) is 51.2 Å². The maximum absolute atomic E-state index is 12.4. The summed E-state index contributed by atoms with van der Waals surface area (Å²) in [5, 5.41) is 14.5. The van der Waals surface area contributed by atoms with Gasteiger partial charge in [0.25, 0.3) is 5.91 Å². The molecular formula is C21H26NO6-. The highest BCUT2D eigenvalue weighted by molar-refractivity contribution is 5.87. The van der Waals surface area contributed by atoms with Gasteiger partial charge < -0.3 is 24.4 Å². The van der Waals surface area contributed by atoms with Crippen LogP contribution >= 0.6 is 0 Å². The number of carboxylic acids is 1. The molecule has 0 aliphatic rings. The molecule has 0 unspecified atom stereocenters. The van der Waals surface area contributed by atoms with E-state index in [9.17, 15) is 19.5 Å². The van der Waals surface area contributed by atoms with Gasteiger partial charge in [0.2, 0.25) is 0 Å². The number of amides is 1. The van der Waals surface area contributed by atoms with Crippen LogP contribution in [-0.2, 0) is 16.0 Å². The average molecular weight is 388 g/mol. The fourth-order valence-electron chi connectivity index (χ4n) is 3.02. The number of benzene rings is 1. The summed E-state index contributed by atoms with van der Waals surface area (Å²) in [4.78, 5) is 35.4. The van der Waals surface area contributed by atoms with E-state index in [1.165, 1.54) is 13.0 Å². The van der Waals surface area contributed by atoms with Gasteiger partial charge in [-0.15, -0.1) is 0 Å². The van der Waals surface area contributed by atoms with Crippen molar-refractivity contribution in [1.82, 2.24) is 5.32 Å². The normalized spacial score (nSPS) is 13.1. The number of hydrogen-bond donors (Lipinski definition) is 1. The molecule has 2 atom stereocenters. The van der Waals surface area contributed by atoms with Gasteiger partial charge in [0.15, 0.2) is 6.10 Å². The average Bonchev–Trinajstić information content (AvgIpc) is 2.66. The third-order valence-electron chi connectivity index (χ3n) is 4.70. The zero-order valence-corrected chi connectivity index (χ0v) is 16.7. The van der Waals surface area contributed by atoms with Crippen LogP contribution in [0.4, 0.5) is 0 Å². The topological polar surface area (TPSA) is 109 Å². The molecule has 0 saturated heterocycles. The van der Waals surface area contributed by atoms with Crippen molar-refractivity contribution >= 4 is 22.8 Å². The van der Waals surface area contributed by atoms with Crippen molar-refractivity contribution in [3.63, 3.8) is 0 Å². The molecule has 0 spiro atoms. The number of aryl methyl sites for hydroxylation is 2. The summed E-state index contributed by atoms with van der Waals surface area (Å²) in [6.07, 6.45) is 1.53. The summed E-state index contributed by atoms with van der Waals surface area (Å²) in [5.74, 6) is -1.47. The first-order valence-corrected chi connectivity index (χ1v) is 9.52. The number of nitrogens with one attached hydrogen (secondary N) is 1. The van der Waals surface area contributed by atoms with Crippen LogP contribution in [-0.4, -0.2) is 24.0 Å². The van der Waals surface area contributed by atoms with Gasteiger partial charge in [0.05, 0.1) is 12.0 Å². The van der Waals surface area contributed by atoms with E-state index in [-0.39, 0.29) is 0 Å². The molecular weight excluding hydrogens is 362 g/mol. The zero-order chi connectivity index (χ0) is 20.8. The summed E-state index contributed by atoms with van der Waals surface area (Å²) in [6, 6.07) is 3.92. The highest BCUT2D eigenvalue weighted by Gasteiger charge is 2.21. The van der Waals surface area contributed by atoms with Gasteiger partial charge >= 0.3 is 5.63 Å². The maximum Gasteiger partial charge on any atom is 0.336 e. The number of aliphatic carboxylic acids is 1. The molecule has 0 radical (unpaired) electrons. The minimum atomic E-state index is -1.32. The molecule has 2 aromatic rings. The van der Waals surface area contributed by atoms with E-state index < -0.39 is 29.6 Å². The molecule has 0 fully saturated rings. The van der Waals surface area contributed by atoms with Gasteiger partial charge in [0.1, 0.15) is 11.3 Å². The van der Waals surface area contributed by atoms with Crippen LogP contribution in [0.15, 0.2) is 27.4 Å². The van der Waals surface area contributed by atoms with Crippen molar-refractivity contribution in [2.75, 3.05) is 0 Å². The first kappa shape index (κ1) is 21.5. The van der Waals surface area contributed by atoms with Crippen LogP contribution in [0, 0.1) is 6.92 Å². The number of rotatable bonds is 9. The Bertz CT molecular complexity index is 917. The Morgan fingerprint density at radius 2 is 2.00 bits per heavy atom. The van der Waals surface area contributed by atoms with E-state index in [2.05, 4.69) is 5.32 Å². The molecule has 1 aromatic carbocycles. The molecule has 7 nitrogen and oxygen atoms in total. The van der Waals surface area contributed by atoms with Crippen LogP contribution in [0.25, 0.3) is 11.0 Å². The Balaban J connectivity index is 2.21. The highest BCUT2D eigenvalue weighted by Crippen LogP contribution is 2.29. The Morgan fingerprint density at radius 3 is 2.61 bits per heavy atom. The van der Waals surface area contributed by atoms with Crippen LogP contribution < -0.4 is 20.8 Å². The van der Waals surface area contributed by atoms with Gasteiger partial charge in [0, 0.05) is 17.0 Å². The van der Waals surface area contributed by atoms with Crippen molar-refractivity contribution < 1.29 is 23.8 Å². The lowest BCUT2D eigenvalue weighted by Crippen LogP contribution is -2.51. The highest BCUT2D eigenvalue weighted by atomic mass is 16.5. The maximum atomic E-state index is 12.4. The number of carbonyl (C=O) groups is 2. The van der Waals surface area contributed by atoms with E-state index in [4.69, 9.17) is 9.15 Å². The molecule has 2 rings (SSSR count). The molecule has 0 bridgehead atoms. The summed E-state index contributed by atoms with van der Waals surface area (Å²) < 4.78 is 11.1. The monoisotopic (exact) mass is 388 g/mol. The van der Waals surface area contributed by atoms with Crippen LogP contribution in [0.3, 0.4) is 0 Å². The van der Waals surface area contributed by atoms with Crippen molar-refractivity contribution in [1.29, 1.82) is 0 Å². The summed E-state index contributed by atoms with van der Waals surface area (Å²) in [6.45, 7) is 7.16. The molecule has 1 aromatic heterocycles. The van der Waals surface area contributed by atoms with Crippen molar-refractivity contribution in [3.05, 3.63) is 39.7 Å². The Labute approximate surface area is 163 Å². The zero-order valence-electron chi connectivity index (χ0n) is 16.7. The number of carbonyl (C=O) groups excluding carboxylic acids is 2. The second-order valence-electron chi connectivity index (χ2n) is 6.79. The number of ether oxygens (including phenoxy) is 1. The molecule has 0 aliphatic carbocycles. The van der Waals surface area contributed by atoms with Crippen molar-refractivity contribution in [2.24, 2.45) is 0 Å². The fourth-order valence-corrected chi connectivity index (χ4v) is 3.02. The third kappa shape index (κ3) is 4.91. The van der Waals surface area contributed by atoms with Crippen LogP contribution in [0.5, 0.6) is 5.75 Å². The second kappa shape index (κ2) is 9.39. The molecule has 152 valence electrons. The second-order valence-corrected chi connectivity index (χ2v) is 6.79. The molecule has 7 heteroatoms. The van der Waals surface area contributed by atoms with E-state index in [0.717, 1.165) is 17.4 Å². The molecule has 1 N–H and O–H groups in total. The van der Waals surface area contributed by atoms with Gasteiger partial charge in [-0.25, -0.2) is 4.79 Å². The van der Waals surface area contributed by atoms with E-state index in [1.54, 1.807) is 19.1 Å². The van der Waals surface area contributed by atoms with Gasteiger partial charge in [-0.1, -0.05) is 26.7 Å². The quantitative estimate of drug-likeness (QED) is 0.657. The lowest BCUT2D eigenvalue weighted by molar-refractivity contribution is -0.308. The van der Waals surface area contributed by atoms with Crippen LogP contribution in [0.2, 0.25) is 0 Å². The van der Waals surface area contributed by atoms with E-state index in [1.807, 2.05) is 13.8 Å². The van der Waals surface area contributed by atoms with Gasteiger partial charge in [-0.05, 0) is 44.4 Å².